The van der Waals surface area contributed by atoms with Gasteiger partial charge in [-0.1, -0.05) is 0 Å². The molecule has 0 aromatic heterocycles. The van der Waals surface area contributed by atoms with E-state index in [0.717, 1.165) is 6.26 Å². The van der Waals surface area contributed by atoms with Gasteiger partial charge in [-0.2, -0.15) is 0 Å². The second-order valence-corrected chi connectivity index (χ2v) is 5.81. The first-order valence-electron chi connectivity index (χ1n) is 5.95. The summed E-state index contributed by atoms with van der Waals surface area (Å²) in [6.07, 6.45) is 1.43. The zero-order valence-electron chi connectivity index (χ0n) is 11.2. The lowest BCUT2D eigenvalue weighted by molar-refractivity contribution is -0.137. The molecule has 0 aromatic rings. The molecule has 0 saturated carbocycles. The van der Waals surface area contributed by atoms with E-state index in [0.29, 0.717) is 19.5 Å². The van der Waals surface area contributed by atoms with Gasteiger partial charge in [0.05, 0.1) is 12.7 Å². The fraction of sp³-hybridized carbons (Fsp3) is 0.800. The van der Waals surface area contributed by atoms with Crippen LogP contribution in [0.15, 0.2) is 0 Å². The molecular formula is C10H21N3O5S. The summed E-state index contributed by atoms with van der Waals surface area (Å²) in [5, 5.41) is 11.1. The summed E-state index contributed by atoms with van der Waals surface area (Å²) in [6.45, 7) is 2.90. The molecule has 19 heavy (non-hydrogen) atoms. The first kappa shape index (κ1) is 17.6. The second-order valence-electron chi connectivity index (χ2n) is 3.98. The standard InChI is InChI=1S/C10H21N3O5S/c1-3-13(8-5-9(14)15)10(16)11-6-4-7-12-19(2,17)18/h12H,3-8H2,1-2H3,(H,11,16)(H,14,15). The highest BCUT2D eigenvalue weighted by Crippen LogP contribution is 1.93. The summed E-state index contributed by atoms with van der Waals surface area (Å²) < 4.78 is 23.8. The van der Waals surface area contributed by atoms with Crippen molar-refractivity contribution in [3.63, 3.8) is 0 Å². The number of urea groups is 1. The Balaban J connectivity index is 3.85. The third kappa shape index (κ3) is 10.3. The van der Waals surface area contributed by atoms with Crippen molar-refractivity contribution in [3.05, 3.63) is 0 Å². The minimum atomic E-state index is -3.20. The average molecular weight is 295 g/mol. The molecule has 0 spiro atoms. The number of carbonyl (C=O) groups excluding carboxylic acids is 1. The Bertz CT molecular complexity index is 396. The van der Waals surface area contributed by atoms with E-state index in [4.69, 9.17) is 5.11 Å². The van der Waals surface area contributed by atoms with Gasteiger partial charge in [-0.25, -0.2) is 17.9 Å². The number of rotatable bonds is 9. The van der Waals surface area contributed by atoms with Crippen LogP contribution in [0.3, 0.4) is 0 Å². The van der Waals surface area contributed by atoms with Crippen molar-refractivity contribution < 1.29 is 23.1 Å². The van der Waals surface area contributed by atoms with Crippen LogP contribution in [0.5, 0.6) is 0 Å². The Morgan fingerprint density at radius 3 is 2.37 bits per heavy atom. The first-order chi connectivity index (χ1) is 8.76. The lowest BCUT2D eigenvalue weighted by Gasteiger charge is -2.20. The molecule has 0 unspecified atom stereocenters. The molecule has 0 radical (unpaired) electrons. The van der Waals surface area contributed by atoms with Crippen LogP contribution in [0, 0.1) is 0 Å². The van der Waals surface area contributed by atoms with E-state index >= 15 is 0 Å². The van der Waals surface area contributed by atoms with Gasteiger partial charge < -0.3 is 15.3 Å². The van der Waals surface area contributed by atoms with Gasteiger partial charge in [0.1, 0.15) is 0 Å². The number of hydrogen-bond donors (Lipinski definition) is 3. The Labute approximate surface area is 113 Å². The SMILES string of the molecule is CCN(CCC(=O)O)C(=O)NCCCNS(C)(=O)=O. The number of nitrogens with zero attached hydrogens (tertiary/aromatic N) is 1. The van der Waals surface area contributed by atoms with Gasteiger partial charge in [0.25, 0.3) is 0 Å². The summed E-state index contributed by atoms with van der Waals surface area (Å²) in [7, 11) is -3.20. The molecule has 0 saturated heterocycles. The molecule has 0 atom stereocenters. The van der Waals surface area contributed by atoms with Crippen LogP contribution >= 0.6 is 0 Å². The molecule has 0 heterocycles. The van der Waals surface area contributed by atoms with Gasteiger partial charge >= 0.3 is 12.0 Å². The number of sulfonamides is 1. The largest absolute Gasteiger partial charge is 0.481 e. The van der Waals surface area contributed by atoms with Crippen LogP contribution < -0.4 is 10.0 Å². The summed E-state index contributed by atoms with van der Waals surface area (Å²) >= 11 is 0. The van der Waals surface area contributed by atoms with Crippen LogP contribution in [0.2, 0.25) is 0 Å². The fourth-order valence-corrected chi connectivity index (χ4v) is 1.80. The molecule has 9 heteroatoms. The average Bonchev–Trinajstić information content (AvgIpc) is 2.27. The normalized spacial score (nSPS) is 11.1. The molecule has 0 bridgehead atoms. The molecule has 3 N–H and O–H groups in total. The Morgan fingerprint density at radius 1 is 1.26 bits per heavy atom. The summed E-state index contributed by atoms with van der Waals surface area (Å²) in [4.78, 5) is 23.4. The molecule has 0 aliphatic heterocycles. The smallest absolute Gasteiger partial charge is 0.317 e. The first-order valence-corrected chi connectivity index (χ1v) is 7.84. The van der Waals surface area contributed by atoms with Gasteiger partial charge in [0.2, 0.25) is 10.0 Å². The number of carboxylic acid groups (broad SMARTS) is 1. The van der Waals surface area contributed by atoms with E-state index < -0.39 is 16.0 Å². The Morgan fingerprint density at radius 2 is 1.89 bits per heavy atom. The zero-order valence-corrected chi connectivity index (χ0v) is 12.0. The van der Waals surface area contributed by atoms with Gasteiger partial charge in [-0.05, 0) is 13.3 Å². The number of carboxylic acids is 1. The van der Waals surface area contributed by atoms with Crippen molar-refractivity contribution in [2.75, 3.05) is 32.4 Å². The minimum absolute atomic E-state index is 0.100. The molecule has 0 aliphatic carbocycles. The van der Waals surface area contributed by atoms with Crippen molar-refractivity contribution in [1.29, 1.82) is 0 Å². The number of hydrogen-bond acceptors (Lipinski definition) is 4. The maximum Gasteiger partial charge on any atom is 0.317 e. The van der Waals surface area contributed by atoms with E-state index in [2.05, 4.69) is 10.0 Å². The summed E-state index contributed by atoms with van der Waals surface area (Å²) in [5.41, 5.74) is 0. The maximum atomic E-state index is 11.6. The minimum Gasteiger partial charge on any atom is -0.481 e. The van der Waals surface area contributed by atoms with Gasteiger partial charge in [0.15, 0.2) is 0 Å². The molecule has 8 nitrogen and oxygen atoms in total. The molecule has 0 aliphatic rings. The topological polar surface area (TPSA) is 116 Å². The molecular weight excluding hydrogens is 274 g/mol. The van der Waals surface area contributed by atoms with Gasteiger partial charge in [-0.3, -0.25) is 4.79 Å². The van der Waals surface area contributed by atoms with Crippen molar-refractivity contribution in [3.8, 4) is 0 Å². The Hall–Kier alpha value is -1.35. The van der Waals surface area contributed by atoms with Crippen molar-refractivity contribution >= 4 is 22.0 Å². The summed E-state index contributed by atoms with van der Waals surface area (Å²) in [5.74, 6) is -0.955. The molecule has 112 valence electrons. The van der Waals surface area contributed by atoms with E-state index in [1.165, 1.54) is 4.90 Å². The van der Waals surface area contributed by atoms with Crippen LogP contribution in [0.25, 0.3) is 0 Å². The number of aliphatic carboxylic acids is 1. The zero-order chi connectivity index (χ0) is 14.9. The van der Waals surface area contributed by atoms with Gasteiger partial charge in [-0.15, -0.1) is 0 Å². The molecule has 0 fully saturated rings. The van der Waals surface area contributed by atoms with Crippen LogP contribution in [0.1, 0.15) is 19.8 Å². The number of amides is 2. The highest BCUT2D eigenvalue weighted by Gasteiger charge is 2.11. The van der Waals surface area contributed by atoms with Crippen LogP contribution in [-0.4, -0.2) is 62.9 Å². The number of carbonyl (C=O) groups is 2. The second kappa shape index (κ2) is 8.70. The maximum absolute atomic E-state index is 11.6. The third-order valence-corrected chi connectivity index (χ3v) is 2.99. The molecule has 0 rings (SSSR count). The van der Waals surface area contributed by atoms with E-state index in [1.807, 2.05) is 0 Å². The van der Waals surface area contributed by atoms with E-state index in [1.54, 1.807) is 6.92 Å². The van der Waals surface area contributed by atoms with E-state index in [9.17, 15) is 18.0 Å². The predicted molar refractivity (Wildman–Crippen MR) is 70.4 cm³/mol. The summed E-state index contributed by atoms with van der Waals surface area (Å²) in [6, 6.07) is -0.344. The molecule has 2 amide bonds. The highest BCUT2D eigenvalue weighted by atomic mass is 32.2. The van der Waals surface area contributed by atoms with Crippen LogP contribution in [0.4, 0.5) is 4.79 Å². The van der Waals surface area contributed by atoms with E-state index in [-0.39, 0.29) is 25.5 Å². The number of nitrogens with one attached hydrogen (secondary N) is 2. The molecule has 0 aromatic carbocycles. The predicted octanol–water partition coefficient (Wildman–Crippen LogP) is -0.568. The Kier molecular flexibility index (Phi) is 8.08. The quantitative estimate of drug-likeness (QED) is 0.493. The third-order valence-electron chi connectivity index (χ3n) is 2.26. The fourth-order valence-electron chi connectivity index (χ4n) is 1.29. The van der Waals surface area contributed by atoms with Crippen LogP contribution in [-0.2, 0) is 14.8 Å². The monoisotopic (exact) mass is 295 g/mol. The van der Waals surface area contributed by atoms with Crippen molar-refractivity contribution in [2.24, 2.45) is 0 Å². The van der Waals surface area contributed by atoms with Crippen molar-refractivity contribution in [2.45, 2.75) is 19.8 Å². The van der Waals surface area contributed by atoms with Crippen molar-refractivity contribution in [1.82, 2.24) is 14.9 Å². The lowest BCUT2D eigenvalue weighted by Crippen LogP contribution is -2.41. The highest BCUT2D eigenvalue weighted by molar-refractivity contribution is 7.88. The van der Waals surface area contributed by atoms with Gasteiger partial charge in [0, 0.05) is 26.2 Å². The lowest BCUT2D eigenvalue weighted by atomic mass is 10.4.